The molecule has 0 amide bonds. The molecule has 1 aliphatic rings. The molecule has 2 aromatic carbocycles. The Labute approximate surface area is 201 Å². The van der Waals surface area contributed by atoms with Crippen LogP contribution in [0.3, 0.4) is 0 Å². The van der Waals surface area contributed by atoms with E-state index in [1.165, 1.54) is 5.57 Å². The maximum atomic E-state index is 12.8. The summed E-state index contributed by atoms with van der Waals surface area (Å²) in [6, 6.07) is 17.6. The summed E-state index contributed by atoms with van der Waals surface area (Å²) in [5, 5.41) is 0.801. The third-order valence-corrected chi connectivity index (χ3v) is 6.95. The second-order valence-corrected chi connectivity index (χ2v) is 9.31. The average Bonchev–Trinajstić information content (AvgIpc) is 3.29. The molecule has 4 rings (SSSR count). The zero-order valence-corrected chi connectivity index (χ0v) is 20.2. The van der Waals surface area contributed by atoms with E-state index in [1.54, 1.807) is 17.4 Å². The number of carbonyl (C=O) groups is 1. The van der Waals surface area contributed by atoms with Crippen LogP contribution in [0.25, 0.3) is 5.57 Å². The highest BCUT2D eigenvalue weighted by Gasteiger charge is 2.33. The van der Waals surface area contributed by atoms with Crippen LogP contribution in [-0.2, 0) is 5.41 Å². The SMILES string of the molecule is Cc1ncsc1C1(C=CC(=O)c2ccccc2)C=CC=C(c2ccc(OCCBr)cc2)C1. The van der Waals surface area contributed by atoms with Crippen LogP contribution in [-0.4, -0.2) is 22.7 Å². The molecule has 0 spiro atoms. The molecule has 1 unspecified atom stereocenters. The van der Waals surface area contributed by atoms with Gasteiger partial charge in [-0.25, -0.2) is 4.98 Å². The molecule has 32 heavy (non-hydrogen) atoms. The number of halogens is 1. The Morgan fingerprint density at radius 2 is 1.97 bits per heavy atom. The average molecular weight is 506 g/mol. The molecule has 0 aliphatic heterocycles. The number of aryl methyl sites for hydroxylation is 1. The fraction of sp³-hybridized carbons (Fsp3) is 0.185. The van der Waals surface area contributed by atoms with Gasteiger partial charge in [-0.3, -0.25) is 4.79 Å². The van der Waals surface area contributed by atoms with E-state index in [2.05, 4.69) is 51.3 Å². The fourth-order valence-corrected chi connectivity index (χ4v) is 5.04. The minimum atomic E-state index is -0.412. The maximum Gasteiger partial charge on any atom is 0.185 e. The van der Waals surface area contributed by atoms with Gasteiger partial charge in [-0.15, -0.1) is 11.3 Å². The van der Waals surface area contributed by atoms with Crippen LogP contribution in [0.5, 0.6) is 5.75 Å². The standard InChI is InChI=1S/C27H24BrNO2S/c1-20-26(32-19-29-20)27(15-13-25(30)22-6-3-2-4-7-22)14-5-8-23(18-27)21-9-11-24(12-10-21)31-17-16-28/h2-15,19H,16-18H2,1H3. The lowest BCUT2D eigenvalue weighted by atomic mass is 9.74. The van der Waals surface area contributed by atoms with Crippen LogP contribution in [0.2, 0.25) is 0 Å². The third-order valence-electron chi connectivity index (χ3n) is 5.50. The highest BCUT2D eigenvalue weighted by atomic mass is 79.9. The van der Waals surface area contributed by atoms with Gasteiger partial charge in [0.2, 0.25) is 0 Å². The van der Waals surface area contributed by atoms with Gasteiger partial charge in [-0.1, -0.05) is 82.7 Å². The van der Waals surface area contributed by atoms with Crippen molar-refractivity contribution in [3.63, 3.8) is 0 Å². The maximum absolute atomic E-state index is 12.8. The first-order valence-corrected chi connectivity index (χ1v) is 12.5. The number of hydrogen-bond donors (Lipinski definition) is 0. The van der Waals surface area contributed by atoms with E-state index in [4.69, 9.17) is 4.74 Å². The van der Waals surface area contributed by atoms with E-state index < -0.39 is 5.41 Å². The summed E-state index contributed by atoms with van der Waals surface area (Å²) in [6.45, 7) is 2.67. The first-order valence-electron chi connectivity index (χ1n) is 10.5. The van der Waals surface area contributed by atoms with Crippen molar-refractivity contribution in [2.45, 2.75) is 18.8 Å². The largest absolute Gasteiger partial charge is 0.493 e. The van der Waals surface area contributed by atoms with Crippen molar-refractivity contribution in [2.75, 3.05) is 11.9 Å². The Bertz CT molecular complexity index is 1160. The minimum absolute atomic E-state index is 0.00457. The number of hydrogen-bond acceptors (Lipinski definition) is 4. The van der Waals surface area contributed by atoms with Crippen LogP contribution in [0.4, 0.5) is 0 Å². The lowest BCUT2D eigenvalue weighted by Gasteiger charge is -2.31. The van der Waals surface area contributed by atoms with Crippen LogP contribution in [0, 0.1) is 6.92 Å². The monoisotopic (exact) mass is 505 g/mol. The number of allylic oxidation sites excluding steroid dienone is 6. The van der Waals surface area contributed by atoms with Gasteiger partial charge in [-0.05, 0) is 42.7 Å². The van der Waals surface area contributed by atoms with Crippen molar-refractivity contribution < 1.29 is 9.53 Å². The Kier molecular flexibility index (Phi) is 7.18. The van der Waals surface area contributed by atoms with Gasteiger partial charge < -0.3 is 4.74 Å². The zero-order chi connectivity index (χ0) is 22.4. The van der Waals surface area contributed by atoms with Crippen molar-refractivity contribution in [2.24, 2.45) is 0 Å². The molecule has 0 saturated heterocycles. The topological polar surface area (TPSA) is 39.2 Å². The quantitative estimate of drug-likeness (QED) is 0.189. The second kappa shape index (κ2) is 10.2. The van der Waals surface area contributed by atoms with Crippen LogP contribution in [0.15, 0.2) is 90.5 Å². The lowest BCUT2D eigenvalue weighted by molar-refractivity contribution is 0.104. The first kappa shape index (κ1) is 22.4. The van der Waals surface area contributed by atoms with Gasteiger partial charge in [-0.2, -0.15) is 0 Å². The molecule has 1 heterocycles. The summed E-state index contributed by atoms with van der Waals surface area (Å²) in [7, 11) is 0. The number of alkyl halides is 1. The fourth-order valence-electron chi connectivity index (χ4n) is 3.91. The van der Waals surface area contributed by atoms with Gasteiger partial charge in [0.05, 0.1) is 17.8 Å². The predicted octanol–water partition coefficient (Wildman–Crippen LogP) is 6.95. The summed E-state index contributed by atoms with van der Waals surface area (Å²) in [5.74, 6) is 0.864. The van der Waals surface area contributed by atoms with E-state index in [9.17, 15) is 4.79 Å². The highest BCUT2D eigenvalue weighted by Crippen LogP contribution is 2.43. The van der Waals surface area contributed by atoms with Gasteiger partial charge >= 0.3 is 0 Å². The molecule has 3 nitrogen and oxygen atoms in total. The lowest BCUT2D eigenvalue weighted by Crippen LogP contribution is -2.23. The smallest absolute Gasteiger partial charge is 0.185 e. The number of ether oxygens (including phenoxy) is 1. The van der Waals surface area contributed by atoms with Crippen molar-refractivity contribution in [3.8, 4) is 5.75 Å². The molecule has 1 atom stereocenters. The molecule has 1 aromatic heterocycles. The van der Waals surface area contributed by atoms with E-state index >= 15 is 0 Å². The molecule has 0 radical (unpaired) electrons. The summed E-state index contributed by atoms with van der Waals surface area (Å²) >= 11 is 5.02. The Morgan fingerprint density at radius 1 is 1.19 bits per heavy atom. The zero-order valence-electron chi connectivity index (χ0n) is 17.8. The number of ketones is 1. The van der Waals surface area contributed by atoms with Gasteiger partial charge in [0, 0.05) is 21.2 Å². The molecule has 0 bridgehead atoms. The second-order valence-electron chi connectivity index (χ2n) is 7.66. The number of thiazole rings is 1. The predicted molar refractivity (Wildman–Crippen MR) is 136 cm³/mol. The van der Waals surface area contributed by atoms with E-state index in [-0.39, 0.29) is 5.78 Å². The van der Waals surface area contributed by atoms with Gasteiger partial charge in [0.25, 0.3) is 0 Å². The highest BCUT2D eigenvalue weighted by molar-refractivity contribution is 9.09. The van der Waals surface area contributed by atoms with E-state index in [1.807, 2.05) is 61.0 Å². The molecular weight excluding hydrogens is 482 g/mol. The van der Waals surface area contributed by atoms with Gasteiger partial charge in [0.15, 0.2) is 5.78 Å². The van der Waals surface area contributed by atoms with Gasteiger partial charge in [0.1, 0.15) is 5.75 Å². The summed E-state index contributed by atoms with van der Waals surface area (Å²) < 4.78 is 5.68. The van der Waals surface area contributed by atoms with Crippen LogP contribution in [0.1, 0.15) is 32.9 Å². The first-order chi connectivity index (χ1) is 15.6. The minimum Gasteiger partial charge on any atom is -0.493 e. The molecule has 3 aromatic rings. The van der Waals surface area contributed by atoms with Crippen molar-refractivity contribution in [1.82, 2.24) is 4.98 Å². The van der Waals surface area contributed by atoms with E-state index in [0.29, 0.717) is 12.2 Å². The normalized spacial score (nSPS) is 18.0. The van der Waals surface area contributed by atoms with Crippen molar-refractivity contribution >= 4 is 38.6 Å². The summed E-state index contributed by atoms with van der Waals surface area (Å²) in [5.41, 5.74) is 5.51. The molecule has 1 aliphatic carbocycles. The number of benzene rings is 2. The molecule has 0 fully saturated rings. The number of rotatable bonds is 8. The van der Waals surface area contributed by atoms with Crippen LogP contribution >= 0.6 is 27.3 Å². The number of nitrogens with zero attached hydrogens (tertiary/aromatic N) is 1. The molecule has 0 N–H and O–H groups in total. The Balaban J connectivity index is 1.64. The third kappa shape index (κ3) is 5.00. The summed E-state index contributed by atoms with van der Waals surface area (Å²) in [4.78, 5) is 18.5. The van der Waals surface area contributed by atoms with Crippen LogP contribution < -0.4 is 4.74 Å². The molecule has 5 heteroatoms. The van der Waals surface area contributed by atoms with Crippen molar-refractivity contribution in [3.05, 3.63) is 112 Å². The molecule has 162 valence electrons. The van der Waals surface area contributed by atoms with Crippen molar-refractivity contribution in [1.29, 1.82) is 0 Å². The number of aromatic nitrogens is 1. The van der Waals surface area contributed by atoms with E-state index in [0.717, 1.165) is 33.6 Å². The summed E-state index contributed by atoms with van der Waals surface area (Å²) in [6.07, 6.45) is 10.9. The molecule has 0 saturated carbocycles. The number of carbonyl (C=O) groups excluding carboxylic acids is 1. The Hall–Kier alpha value is -2.76. The Morgan fingerprint density at radius 3 is 2.66 bits per heavy atom. The molecular formula is C27H24BrNO2S.